The van der Waals surface area contributed by atoms with Gasteiger partial charge in [0.25, 0.3) is 0 Å². The van der Waals surface area contributed by atoms with E-state index in [1.807, 2.05) is 0 Å². The third kappa shape index (κ3) is 6.00. The van der Waals surface area contributed by atoms with Crippen LogP contribution in [0.25, 0.3) is 0 Å². The van der Waals surface area contributed by atoms with Crippen LogP contribution in [0, 0.1) is 18.8 Å². The first-order valence-electron chi connectivity index (χ1n) is 4.46. The molecule has 0 nitrogen and oxygen atoms in total. The van der Waals surface area contributed by atoms with Gasteiger partial charge < -0.3 is 0 Å². The molecular weight excluding hydrogens is 120 g/mol. The second-order valence-corrected chi connectivity index (χ2v) is 3.73. The summed E-state index contributed by atoms with van der Waals surface area (Å²) in [7, 11) is 0. The van der Waals surface area contributed by atoms with Crippen molar-refractivity contribution in [1.82, 2.24) is 0 Å². The Morgan fingerprint density at radius 2 is 1.80 bits per heavy atom. The minimum atomic E-state index is 0.861. The van der Waals surface area contributed by atoms with Crippen molar-refractivity contribution in [2.24, 2.45) is 11.8 Å². The molecule has 0 saturated carbocycles. The Labute approximate surface area is 66.0 Å². The molecule has 0 amide bonds. The second-order valence-electron chi connectivity index (χ2n) is 3.73. The maximum Gasteiger partial charge on any atom is 0.0850 e. The molecule has 60 valence electrons. The average Bonchev–Trinajstić information content (AvgIpc) is 1.82. The van der Waals surface area contributed by atoms with E-state index in [1.54, 1.807) is 0 Å². The van der Waals surface area contributed by atoms with Crippen LogP contribution in [0.5, 0.6) is 0 Å². The van der Waals surface area contributed by atoms with Gasteiger partial charge in [-0.3, -0.25) is 0 Å². The molecule has 0 radical (unpaired) electrons. The van der Waals surface area contributed by atoms with Gasteiger partial charge in [-0.05, 0) is 31.1 Å². The van der Waals surface area contributed by atoms with E-state index in [2.05, 4.69) is 27.7 Å². The Morgan fingerprint density at radius 1 is 1.20 bits per heavy atom. The molecule has 0 aromatic rings. The van der Waals surface area contributed by atoms with E-state index in [9.17, 15) is 0 Å². The summed E-state index contributed by atoms with van der Waals surface area (Å²) in [5.41, 5.74) is 0. The summed E-state index contributed by atoms with van der Waals surface area (Å²) in [6.07, 6.45) is 5.14. The fraction of sp³-hybridized carbons (Fsp3) is 0.900. The van der Waals surface area contributed by atoms with Gasteiger partial charge in [0, 0.05) is 0 Å². The van der Waals surface area contributed by atoms with Crippen LogP contribution in [0.3, 0.4) is 0 Å². The molecule has 0 aliphatic rings. The summed E-state index contributed by atoms with van der Waals surface area (Å²) >= 11 is 0. The molecule has 0 heterocycles. The zero-order valence-electron chi connectivity index (χ0n) is 7.69. The standard InChI is InChI=1S/C10H21/c1-5-6-7-10(4)8-9(2)3/h9-10H,1,5-8H2,2-4H3/q+1. The van der Waals surface area contributed by atoms with Crippen LogP contribution in [-0.4, -0.2) is 0 Å². The van der Waals surface area contributed by atoms with Crippen LogP contribution >= 0.6 is 0 Å². The monoisotopic (exact) mass is 141 g/mol. The SMILES string of the molecule is [CH2+]CCCC(C)CC(C)C. The van der Waals surface area contributed by atoms with Crippen molar-refractivity contribution in [2.45, 2.75) is 46.5 Å². The van der Waals surface area contributed by atoms with Gasteiger partial charge in [0.2, 0.25) is 0 Å². The van der Waals surface area contributed by atoms with Crippen LogP contribution < -0.4 is 0 Å². The Kier molecular flexibility index (Phi) is 5.57. The number of hydrogen-bond donors (Lipinski definition) is 0. The molecule has 0 aromatic heterocycles. The van der Waals surface area contributed by atoms with E-state index in [-0.39, 0.29) is 0 Å². The van der Waals surface area contributed by atoms with E-state index >= 15 is 0 Å². The second kappa shape index (κ2) is 5.64. The largest absolute Gasteiger partial charge is 0.0850 e. The highest BCUT2D eigenvalue weighted by atomic mass is 14.1. The molecule has 0 rings (SSSR count). The molecule has 0 spiro atoms. The number of rotatable bonds is 5. The molecule has 0 heteroatoms. The van der Waals surface area contributed by atoms with Gasteiger partial charge >= 0.3 is 0 Å². The van der Waals surface area contributed by atoms with Crippen molar-refractivity contribution in [2.75, 3.05) is 0 Å². The predicted octanol–water partition coefficient (Wildman–Crippen LogP) is 3.67. The van der Waals surface area contributed by atoms with Crippen LogP contribution in [-0.2, 0) is 0 Å². The van der Waals surface area contributed by atoms with Crippen LogP contribution in [0.1, 0.15) is 46.5 Å². The lowest BCUT2D eigenvalue weighted by Gasteiger charge is -2.11. The maximum absolute atomic E-state index is 3.84. The van der Waals surface area contributed by atoms with Crippen molar-refractivity contribution in [3.8, 4) is 0 Å². The van der Waals surface area contributed by atoms with Gasteiger partial charge in [0.15, 0.2) is 0 Å². The first kappa shape index (κ1) is 9.87. The molecule has 0 saturated heterocycles. The third-order valence-corrected chi connectivity index (χ3v) is 1.82. The first-order chi connectivity index (χ1) is 4.66. The van der Waals surface area contributed by atoms with Gasteiger partial charge in [0.05, 0.1) is 13.3 Å². The predicted molar refractivity (Wildman–Crippen MR) is 47.8 cm³/mol. The lowest BCUT2D eigenvalue weighted by atomic mass is 9.94. The molecule has 0 aromatic carbocycles. The Morgan fingerprint density at radius 3 is 2.20 bits per heavy atom. The zero-order valence-corrected chi connectivity index (χ0v) is 7.69. The highest BCUT2D eigenvalue weighted by Crippen LogP contribution is 2.16. The van der Waals surface area contributed by atoms with Crippen LogP contribution in [0.15, 0.2) is 0 Å². The van der Waals surface area contributed by atoms with E-state index in [1.165, 1.54) is 19.3 Å². The summed E-state index contributed by atoms with van der Waals surface area (Å²) in [6, 6.07) is 0. The van der Waals surface area contributed by atoms with Crippen molar-refractivity contribution in [3.05, 3.63) is 6.92 Å². The van der Waals surface area contributed by atoms with E-state index in [0.717, 1.165) is 18.3 Å². The summed E-state index contributed by atoms with van der Waals surface area (Å²) in [5.74, 6) is 1.77. The zero-order chi connectivity index (χ0) is 7.98. The van der Waals surface area contributed by atoms with Gasteiger partial charge in [-0.25, -0.2) is 0 Å². The summed E-state index contributed by atoms with van der Waals surface area (Å²) in [5, 5.41) is 0. The smallest absolute Gasteiger partial charge is 0.0628 e. The first-order valence-corrected chi connectivity index (χ1v) is 4.46. The van der Waals surface area contributed by atoms with Gasteiger partial charge in [-0.1, -0.05) is 20.8 Å². The van der Waals surface area contributed by atoms with Crippen molar-refractivity contribution in [1.29, 1.82) is 0 Å². The highest BCUT2D eigenvalue weighted by Gasteiger charge is 2.03. The lowest BCUT2D eigenvalue weighted by Crippen LogP contribution is -1.99. The molecule has 0 fully saturated rings. The quantitative estimate of drug-likeness (QED) is 0.512. The van der Waals surface area contributed by atoms with Gasteiger partial charge in [-0.2, -0.15) is 0 Å². The number of unbranched alkanes of at least 4 members (excludes halogenated alkanes) is 1. The summed E-state index contributed by atoms with van der Waals surface area (Å²) in [6.45, 7) is 10.8. The average molecular weight is 141 g/mol. The topological polar surface area (TPSA) is 0 Å². The van der Waals surface area contributed by atoms with Crippen molar-refractivity contribution < 1.29 is 0 Å². The molecule has 1 unspecified atom stereocenters. The van der Waals surface area contributed by atoms with E-state index in [4.69, 9.17) is 0 Å². The van der Waals surface area contributed by atoms with E-state index < -0.39 is 0 Å². The van der Waals surface area contributed by atoms with Gasteiger partial charge in [-0.15, -0.1) is 0 Å². The van der Waals surface area contributed by atoms with Crippen molar-refractivity contribution >= 4 is 0 Å². The summed E-state index contributed by atoms with van der Waals surface area (Å²) in [4.78, 5) is 0. The molecular formula is C10H21+. The molecule has 0 aliphatic carbocycles. The maximum atomic E-state index is 3.84. The molecule has 0 bridgehead atoms. The van der Waals surface area contributed by atoms with Gasteiger partial charge in [0.1, 0.15) is 0 Å². The highest BCUT2D eigenvalue weighted by molar-refractivity contribution is 4.56. The minimum Gasteiger partial charge on any atom is -0.0628 e. The molecule has 1 atom stereocenters. The normalized spacial score (nSPS) is 14.0. The van der Waals surface area contributed by atoms with Crippen molar-refractivity contribution in [3.63, 3.8) is 0 Å². The van der Waals surface area contributed by atoms with Crippen LogP contribution in [0.4, 0.5) is 0 Å². The van der Waals surface area contributed by atoms with Crippen LogP contribution in [0.2, 0.25) is 0 Å². The molecule has 0 N–H and O–H groups in total. The fourth-order valence-corrected chi connectivity index (χ4v) is 1.42. The Bertz CT molecular complexity index is 64.4. The minimum absolute atomic E-state index is 0.861. The van der Waals surface area contributed by atoms with E-state index in [0.29, 0.717) is 0 Å². The molecule has 10 heavy (non-hydrogen) atoms. The Hall–Kier alpha value is -0.130. The third-order valence-electron chi connectivity index (χ3n) is 1.82. The Balaban J connectivity index is 3.16. The summed E-state index contributed by atoms with van der Waals surface area (Å²) < 4.78 is 0. The number of hydrogen-bond acceptors (Lipinski definition) is 0. The molecule has 0 aliphatic heterocycles. The fourth-order valence-electron chi connectivity index (χ4n) is 1.42. The lowest BCUT2D eigenvalue weighted by molar-refractivity contribution is 0.407.